The van der Waals surface area contributed by atoms with Crippen molar-refractivity contribution in [3.8, 4) is 17.2 Å². The van der Waals surface area contributed by atoms with Crippen LogP contribution in [0.4, 0.5) is 10.5 Å². The molecule has 2 aromatic rings. The zero-order valence-electron chi connectivity index (χ0n) is 15.7. The van der Waals surface area contributed by atoms with Gasteiger partial charge in [0.1, 0.15) is 11.3 Å². The Bertz CT molecular complexity index is 1160. The van der Waals surface area contributed by atoms with Crippen LogP contribution < -0.4 is 30.2 Å². The second-order valence-corrected chi connectivity index (χ2v) is 6.85. The maximum absolute atomic E-state index is 13.0. The van der Waals surface area contributed by atoms with Gasteiger partial charge in [0.05, 0.1) is 10.7 Å². The molecule has 1 fully saturated rings. The van der Waals surface area contributed by atoms with Crippen LogP contribution in [0.15, 0.2) is 42.0 Å². The maximum Gasteiger partial charge on any atom is 0.335 e. The molecule has 10 nitrogen and oxygen atoms in total. The van der Waals surface area contributed by atoms with Gasteiger partial charge in [0.15, 0.2) is 18.1 Å². The summed E-state index contributed by atoms with van der Waals surface area (Å²) in [6, 6.07) is 8.06. The molecule has 2 heterocycles. The van der Waals surface area contributed by atoms with Crippen LogP contribution in [0.2, 0.25) is 5.02 Å². The van der Waals surface area contributed by atoms with E-state index >= 15 is 0 Å². The van der Waals surface area contributed by atoms with Gasteiger partial charge in [0.25, 0.3) is 17.7 Å². The van der Waals surface area contributed by atoms with Gasteiger partial charge in [-0.3, -0.25) is 19.7 Å². The number of carbonyl (C=O) groups is 4. The van der Waals surface area contributed by atoms with Crippen molar-refractivity contribution in [1.29, 1.82) is 0 Å². The third-order valence-corrected chi connectivity index (χ3v) is 4.65. The van der Waals surface area contributed by atoms with Crippen molar-refractivity contribution >= 4 is 47.1 Å². The van der Waals surface area contributed by atoms with E-state index in [-0.39, 0.29) is 35.4 Å². The quantitative estimate of drug-likeness (QED) is 0.528. The fourth-order valence-electron chi connectivity index (χ4n) is 2.96. The van der Waals surface area contributed by atoms with Gasteiger partial charge in [-0.2, -0.15) is 0 Å². The standard InChI is InChI=1S/C20H14ClN3O7/c21-13-6-10(1-3-14(13)29-8-17(22)25)5-12-18(26)23-20(28)24(19(12)27)11-2-4-15-16(7-11)31-9-30-15/h1-7H,8-9H2,(H2,22,25)(H,23,26,28). The summed E-state index contributed by atoms with van der Waals surface area (Å²) >= 11 is 6.12. The number of nitrogens with one attached hydrogen (secondary N) is 1. The number of benzene rings is 2. The Hall–Kier alpha value is -4.05. The molecule has 0 atom stereocenters. The molecule has 2 aliphatic rings. The van der Waals surface area contributed by atoms with Gasteiger partial charge in [-0.05, 0) is 35.9 Å². The highest BCUT2D eigenvalue weighted by atomic mass is 35.5. The van der Waals surface area contributed by atoms with Crippen molar-refractivity contribution < 1.29 is 33.4 Å². The molecule has 1 saturated heterocycles. The average molecular weight is 444 g/mol. The Kier molecular flexibility index (Phi) is 5.22. The zero-order valence-corrected chi connectivity index (χ0v) is 16.5. The minimum Gasteiger partial charge on any atom is -0.482 e. The number of hydrogen-bond donors (Lipinski definition) is 2. The molecule has 0 saturated carbocycles. The topological polar surface area (TPSA) is 137 Å². The number of carbonyl (C=O) groups excluding carboxylic acids is 4. The predicted molar refractivity (Wildman–Crippen MR) is 108 cm³/mol. The highest BCUT2D eigenvalue weighted by Crippen LogP contribution is 2.36. The van der Waals surface area contributed by atoms with Gasteiger partial charge in [-0.1, -0.05) is 17.7 Å². The number of anilines is 1. The normalized spacial score (nSPS) is 16.5. The van der Waals surface area contributed by atoms with Crippen LogP contribution in [-0.2, 0) is 14.4 Å². The van der Waals surface area contributed by atoms with Crippen molar-refractivity contribution in [2.24, 2.45) is 5.73 Å². The average Bonchev–Trinajstić information content (AvgIpc) is 3.18. The SMILES string of the molecule is NC(=O)COc1ccc(C=C2C(=O)NC(=O)N(c3ccc4c(c3)OCO4)C2=O)cc1Cl. The summed E-state index contributed by atoms with van der Waals surface area (Å²) in [5.74, 6) is -1.28. The molecule has 3 N–H and O–H groups in total. The second-order valence-electron chi connectivity index (χ2n) is 6.44. The van der Waals surface area contributed by atoms with Gasteiger partial charge < -0.3 is 19.9 Å². The smallest absolute Gasteiger partial charge is 0.335 e. The highest BCUT2D eigenvalue weighted by Gasteiger charge is 2.37. The molecular formula is C20H14ClN3O7. The molecule has 2 aromatic carbocycles. The molecule has 5 amide bonds. The van der Waals surface area contributed by atoms with E-state index in [1.807, 2.05) is 0 Å². The van der Waals surface area contributed by atoms with Crippen molar-refractivity contribution in [3.05, 3.63) is 52.6 Å². The fourth-order valence-corrected chi connectivity index (χ4v) is 3.20. The number of primary amides is 1. The van der Waals surface area contributed by atoms with E-state index < -0.39 is 23.8 Å². The number of barbiturate groups is 1. The molecule has 0 spiro atoms. The van der Waals surface area contributed by atoms with Crippen LogP contribution >= 0.6 is 11.6 Å². The van der Waals surface area contributed by atoms with Crippen LogP contribution in [0.25, 0.3) is 6.08 Å². The first-order valence-corrected chi connectivity index (χ1v) is 9.23. The number of fused-ring (bicyclic) bond motifs is 1. The lowest BCUT2D eigenvalue weighted by molar-refractivity contribution is -0.123. The van der Waals surface area contributed by atoms with Gasteiger partial charge in [-0.25, -0.2) is 9.69 Å². The number of amides is 5. The molecule has 2 aliphatic heterocycles. The number of halogens is 1. The van der Waals surface area contributed by atoms with Crippen LogP contribution in [0.5, 0.6) is 17.2 Å². The van der Waals surface area contributed by atoms with Gasteiger partial charge in [-0.15, -0.1) is 0 Å². The predicted octanol–water partition coefficient (Wildman–Crippen LogP) is 1.60. The minimum absolute atomic E-state index is 0.0302. The number of nitrogens with two attached hydrogens (primary N) is 1. The van der Waals surface area contributed by atoms with Gasteiger partial charge in [0, 0.05) is 6.07 Å². The van der Waals surface area contributed by atoms with E-state index in [1.54, 1.807) is 6.07 Å². The van der Waals surface area contributed by atoms with Gasteiger partial charge >= 0.3 is 6.03 Å². The largest absolute Gasteiger partial charge is 0.482 e. The van der Waals surface area contributed by atoms with E-state index in [4.69, 9.17) is 31.5 Å². The molecule has 31 heavy (non-hydrogen) atoms. The van der Waals surface area contributed by atoms with Crippen LogP contribution in [-0.4, -0.2) is 37.2 Å². The first kappa shape index (κ1) is 20.2. The number of imide groups is 2. The minimum atomic E-state index is -0.890. The first-order chi connectivity index (χ1) is 14.8. The molecule has 0 radical (unpaired) electrons. The number of urea groups is 1. The summed E-state index contributed by atoms with van der Waals surface area (Å²) < 4.78 is 15.7. The Morgan fingerprint density at radius 2 is 1.94 bits per heavy atom. The summed E-state index contributed by atoms with van der Waals surface area (Å²) in [5, 5.41) is 2.27. The number of hydrogen-bond acceptors (Lipinski definition) is 7. The number of ether oxygens (including phenoxy) is 3. The fraction of sp³-hybridized carbons (Fsp3) is 0.100. The molecule has 158 valence electrons. The molecule has 0 bridgehead atoms. The molecule has 0 aliphatic carbocycles. The maximum atomic E-state index is 13.0. The van der Waals surface area contributed by atoms with E-state index in [2.05, 4.69) is 5.32 Å². The lowest BCUT2D eigenvalue weighted by atomic mass is 10.1. The monoisotopic (exact) mass is 443 g/mol. The Morgan fingerprint density at radius 1 is 1.16 bits per heavy atom. The van der Waals surface area contributed by atoms with E-state index in [9.17, 15) is 19.2 Å². The number of nitrogens with zero attached hydrogens (tertiary/aromatic N) is 1. The summed E-state index contributed by atoms with van der Waals surface area (Å²) in [4.78, 5) is 49.3. The van der Waals surface area contributed by atoms with E-state index in [0.29, 0.717) is 17.1 Å². The molecule has 0 unspecified atom stereocenters. The Labute approximate surface area is 180 Å². The molecule has 4 rings (SSSR count). The Balaban J connectivity index is 1.63. The highest BCUT2D eigenvalue weighted by molar-refractivity contribution is 6.39. The lowest BCUT2D eigenvalue weighted by Gasteiger charge is -2.26. The van der Waals surface area contributed by atoms with E-state index in [1.165, 1.54) is 36.4 Å². The third kappa shape index (κ3) is 4.01. The van der Waals surface area contributed by atoms with Crippen molar-refractivity contribution in [3.63, 3.8) is 0 Å². The second kappa shape index (κ2) is 8.00. The third-order valence-electron chi connectivity index (χ3n) is 4.35. The summed E-state index contributed by atoms with van der Waals surface area (Å²) in [6.45, 7) is -0.323. The zero-order chi connectivity index (χ0) is 22.1. The van der Waals surface area contributed by atoms with Crippen molar-refractivity contribution in [1.82, 2.24) is 5.32 Å². The summed E-state index contributed by atoms with van der Waals surface area (Å²) in [6.07, 6.45) is 1.29. The van der Waals surface area contributed by atoms with Crippen LogP contribution in [0.3, 0.4) is 0 Å². The van der Waals surface area contributed by atoms with Crippen molar-refractivity contribution in [2.75, 3.05) is 18.3 Å². The molecular weight excluding hydrogens is 430 g/mol. The summed E-state index contributed by atoms with van der Waals surface area (Å²) in [5.41, 5.74) is 5.36. The Morgan fingerprint density at radius 3 is 2.68 bits per heavy atom. The van der Waals surface area contributed by atoms with Crippen LogP contribution in [0, 0.1) is 0 Å². The molecule has 11 heteroatoms. The number of rotatable bonds is 5. The van der Waals surface area contributed by atoms with Crippen molar-refractivity contribution in [2.45, 2.75) is 0 Å². The first-order valence-electron chi connectivity index (χ1n) is 8.85. The van der Waals surface area contributed by atoms with E-state index in [0.717, 1.165) is 4.90 Å². The summed E-state index contributed by atoms with van der Waals surface area (Å²) in [7, 11) is 0. The lowest BCUT2D eigenvalue weighted by Crippen LogP contribution is -2.54. The molecule has 0 aromatic heterocycles. The van der Waals surface area contributed by atoms with Crippen LogP contribution in [0.1, 0.15) is 5.56 Å². The van der Waals surface area contributed by atoms with Gasteiger partial charge in [0.2, 0.25) is 6.79 Å².